The van der Waals surface area contributed by atoms with E-state index in [9.17, 15) is 39.6 Å². The molecule has 0 spiro atoms. The molecule has 0 aliphatic heterocycles. The molecule has 40 heavy (non-hydrogen) atoms. The molecule has 0 aromatic rings. The van der Waals surface area contributed by atoms with Crippen LogP contribution in [0.3, 0.4) is 0 Å². The van der Waals surface area contributed by atoms with Crippen molar-refractivity contribution in [1.82, 2.24) is 25.8 Å². The van der Waals surface area contributed by atoms with E-state index in [0.717, 1.165) is 19.3 Å². The van der Waals surface area contributed by atoms with Crippen molar-refractivity contribution in [3.8, 4) is 0 Å². The number of amides is 5. The molecule has 0 aliphatic rings. The molecule has 234 valence electrons. The van der Waals surface area contributed by atoms with Crippen molar-refractivity contribution in [3.05, 3.63) is 0 Å². The fourth-order valence-electron chi connectivity index (χ4n) is 3.45. The van der Waals surface area contributed by atoms with E-state index in [1.54, 1.807) is 0 Å². The first-order valence-corrected chi connectivity index (χ1v) is 13.8. The van der Waals surface area contributed by atoms with Crippen LogP contribution in [0.25, 0.3) is 0 Å². The Morgan fingerprint density at radius 3 is 1.32 bits per heavy atom. The van der Waals surface area contributed by atoms with E-state index in [-0.39, 0.29) is 74.2 Å². The van der Waals surface area contributed by atoms with Crippen LogP contribution >= 0.6 is 0 Å². The summed E-state index contributed by atoms with van der Waals surface area (Å²) >= 11 is 0. The maximum atomic E-state index is 12.0. The third-order valence-electron chi connectivity index (χ3n) is 5.88. The van der Waals surface area contributed by atoms with E-state index in [4.69, 9.17) is 5.73 Å². The van der Waals surface area contributed by atoms with Crippen molar-refractivity contribution < 1.29 is 56.7 Å². The van der Waals surface area contributed by atoms with E-state index in [0.29, 0.717) is 73.3 Å². The monoisotopic (exact) mass is 616 g/mol. The van der Waals surface area contributed by atoms with Gasteiger partial charge in [-0.05, 0) is 57.9 Å². The van der Waals surface area contributed by atoms with Gasteiger partial charge in [0.2, 0.25) is 29.5 Å². The summed E-state index contributed by atoms with van der Waals surface area (Å²) in [6, 6.07) is 0. The summed E-state index contributed by atoms with van der Waals surface area (Å²) < 4.78 is 0. The van der Waals surface area contributed by atoms with Gasteiger partial charge < -0.3 is 16.4 Å². The van der Waals surface area contributed by atoms with Gasteiger partial charge in [-0.1, -0.05) is 6.42 Å². The van der Waals surface area contributed by atoms with Crippen molar-refractivity contribution in [2.75, 3.05) is 39.3 Å². The summed E-state index contributed by atoms with van der Waals surface area (Å²) in [6.45, 7) is 3.22. The Bertz CT molecular complexity index is 746. The van der Waals surface area contributed by atoms with Gasteiger partial charge in [-0.2, -0.15) is 0 Å². The minimum Gasteiger partial charge on any atom is -0.356 e. The van der Waals surface area contributed by atoms with Gasteiger partial charge in [0.1, 0.15) is 0 Å². The van der Waals surface area contributed by atoms with E-state index < -0.39 is 17.7 Å². The summed E-state index contributed by atoms with van der Waals surface area (Å²) in [5.41, 5.74) is 5.39. The Morgan fingerprint density at radius 1 is 0.575 bits per heavy atom. The molecular formula is C25H48FeN6O8. The van der Waals surface area contributed by atoms with Gasteiger partial charge >= 0.3 is 0 Å². The summed E-state index contributed by atoms with van der Waals surface area (Å²) in [4.78, 5) is 58.4. The molecule has 7 N–H and O–H groups in total. The zero-order valence-corrected chi connectivity index (χ0v) is 24.7. The van der Waals surface area contributed by atoms with Crippen LogP contribution in [0.4, 0.5) is 0 Å². The van der Waals surface area contributed by atoms with Gasteiger partial charge in [0, 0.05) is 82.4 Å². The van der Waals surface area contributed by atoms with E-state index in [1.807, 2.05) is 0 Å². The van der Waals surface area contributed by atoms with Crippen LogP contribution < -0.4 is 16.4 Å². The number of nitrogens with two attached hydrogens (primary N) is 1. The van der Waals surface area contributed by atoms with E-state index in [1.165, 1.54) is 6.92 Å². The number of rotatable bonds is 23. The van der Waals surface area contributed by atoms with Crippen molar-refractivity contribution in [2.24, 2.45) is 5.73 Å². The largest absolute Gasteiger partial charge is 0.356 e. The van der Waals surface area contributed by atoms with Crippen LogP contribution in [0.15, 0.2) is 0 Å². The number of hydroxylamine groups is 6. The van der Waals surface area contributed by atoms with Gasteiger partial charge in [0.25, 0.3) is 0 Å². The van der Waals surface area contributed by atoms with Crippen LogP contribution in [0.5, 0.6) is 0 Å². The number of nitrogens with zero attached hydrogens (tertiary/aromatic N) is 3. The minimum absolute atomic E-state index is 0. The van der Waals surface area contributed by atoms with Crippen LogP contribution in [0.1, 0.15) is 90.4 Å². The van der Waals surface area contributed by atoms with Gasteiger partial charge in [-0.15, -0.1) is 0 Å². The predicted octanol–water partition coefficient (Wildman–Crippen LogP) is 0.920. The van der Waals surface area contributed by atoms with Crippen molar-refractivity contribution in [3.63, 3.8) is 0 Å². The predicted molar refractivity (Wildman–Crippen MR) is 141 cm³/mol. The SMILES string of the molecule is CC(=O)N(O)CCCCCNC(=O)CCC(=O)N(O)CCCCCNC(=O)CCC(=O)N(O)CCCCCN.[Fe]. The molecule has 0 heterocycles. The molecule has 0 aliphatic carbocycles. The fraction of sp³-hybridized carbons (Fsp3) is 0.800. The minimum atomic E-state index is -0.548. The molecule has 0 rings (SSSR count). The Balaban J connectivity index is 0. The Morgan fingerprint density at radius 2 is 0.950 bits per heavy atom. The molecule has 0 aromatic carbocycles. The summed E-state index contributed by atoms with van der Waals surface area (Å²) in [7, 11) is 0. The van der Waals surface area contributed by atoms with Gasteiger partial charge in [-0.3, -0.25) is 39.6 Å². The molecule has 0 radical (unpaired) electrons. The molecular weight excluding hydrogens is 568 g/mol. The zero-order valence-electron chi connectivity index (χ0n) is 23.6. The third-order valence-corrected chi connectivity index (χ3v) is 5.88. The first-order chi connectivity index (χ1) is 18.6. The van der Waals surface area contributed by atoms with Gasteiger partial charge in [-0.25, -0.2) is 15.2 Å². The molecule has 0 saturated carbocycles. The maximum Gasteiger partial charge on any atom is 0.246 e. The summed E-state index contributed by atoms with van der Waals surface area (Å²) in [6.07, 6.45) is 5.84. The van der Waals surface area contributed by atoms with Crippen LogP contribution in [-0.4, -0.2) is 99.6 Å². The Hall–Kier alpha value is -2.29. The maximum absolute atomic E-state index is 12.0. The number of hydrogen-bond acceptors (Lipinski definition) is 9. The molecule has 5 amide bonds. The second-order valence-corrected chi connectivity index (χ2v) is 9.35. The standard InChI is InChI=1S/C25H48N6O8.Fe/c1-21(32)29(37)18-9-3-6-16-27-22(33)12-14-25(36)31(39)20-10-4-7-17-28-23(34)11-13-24(35)30(38)19-8-2-5-15-26;/h37-39H,2-20,26H2,1H3,(H,27,33)(H,28,34);. The topological polar surface area (TPSA) is 206 Å². The van der Waals surface area contributed by atoms with Crippen LogP contribution in [0.2, 0.25) is 0 Å². The first-order valence-electron chi connectivity index (χ1n) is 13.8. The first kappa shape index (κ1) is 39.9. The number of unbranched alkanes of at least 4 members (excludes halogenated alkanes) is 6. The molecule has 0 unspecified atom stereocenters. The second kappa shape index (κ2) is 25.7. The van der Waals surface area contributed by atoms with Crippen LogP contribution in [0, 0.1) is 0 Å². The summed E-state index contributed by atoms with van der Waals surface area (Å²) in [5, 5.41) is 36.1. The van der Waals surface area contributed by atoms with E-state index in [2.05, 4.69) is 10.6 Å². The van der Waals surface area contributed by atoms with Gasteiger partial charge in [0.15, 0.2) is 0 Å². The van der Waals surface area contributed by atoms with Crippen LogP contribution in [-0.2, 0) is 41.0 Å². The second-order valence-electron chi connectivity index (χ2n) is 9.35. The van der Waals surface area contributed by atoms with Gasteiger partial charge in [0.05, 0.1) is 0 Å². The Kier molecular flexibility index (Phi) is 25.6. The summed E-state index contributed by atoms with van der Waals surface area (Å²) in [5.74, 6) is -2.05. The molecule has 0 aromatic heterocycles. The number of nitrogens with one attached hydrogen (secondary N) is 2. The van der Waals surface area contributed by atoms with E-state index >= 15 is 0 Å². The van der Waals surface area contributed by atoms with Crippen molar-refractivity contribution in [2.45, 2.75) is 90.4 Å². The molecule has 15 heteroatoms. The molecule has 0 bridgehead atoms. The Labute approximate surface area is 247 Å². The molecule has 14 nitrogen and oxygen atoms in total. The molecule has 0 atom stereocenters. The average Bonchev–Trinajstić information content (AvgIpc) is 2.91. The molecule has 0 fully saturated rings. The third kappa shape index (κ3) is 22.5. The molecule has 0 saturated heterocycles. The van der Waals surface area contributed by atoms with Crippen molar-refractivity contribution in [1.29, 1.82) is 0 Å². The fourth-order valence-corrected chi connectivity index (χ4v) is 3.45. The number of hydrogen-bond donors (Lipinski definition) is 6. The number of carbonyl (C=O) groups is 5. The normalized spacial score (nSPS) is 10.3. The zero-order chi connectivity index (χ0) is 29.5. The average molecular weight is 617 g/mol. The van der Waals surface area contributed by atoms with Crippen molar-refractivity contribution >= 4 is 29.5 Å². The smallest absolute Gasteiger partial charge is 0.246 e. The number of carbonyl (C=O) groups excluding carboxylic acids is 5. The quantitative estimate of drug-likeness (QED) is 0.0417.